The Kier molecular flexibility index (Phi) is 3.47. The summed E-state index contributed by atoms with van der Waals surface area (Å²) in [5.74, 6) is 0. The Morgan fingerprint density at radius 2 is 1.84 bits per heavy atom. The SMILES string of the molecule is CC(C)(O)C(C)(C)OB(O)c1ccc2cc[nH]c2c1. The molecular weight excluding hydrogens is 241 g/mol. The van der Waals surface area contributed by atoms with Gasteiger partial charge in [0.25, 0.3) is 0 Å². The van der Waals surface area contributed by atoms with Crippen molar-refractivity contribution in [1.82, 2.24) is 4.98 Å². The number of H-pyrrole nitrogens is 1. The Labute approximate surface area is 113 Å². The molecule has 1 heterocycles. The molecule has 0 aliphatic rings. The molecular formula is C14H20BNO3. The fraction of sp³-hybridized carbons (Fsp3) is 0.429. The minimum Gasteiger partial charge on any atom is -0.423 e. The number of rotatable bonds is 4. The molecule has 0 spiro atoms. The smallest absolute Gasteiger partial charge is 0.423 e. The highest BCUT2D eigenvalue weighted by Gasteiger charge is 2.39. The van der Waals surface area contributed by atoms with Crippen LogP contribution in [-0.2, 0) is 4.65 Å². The summed E-state index contributed by atoms with van der Waals surface area (Å²) in [7, 11) is -1.07. The van der Waals surface area contributed by atoms with E-state index in [-0.39, 0.29) is 0 Å². The maximum atomic E-state index is 10.2. The van der Waals surface area contributed by atoms with Gasteiger partial charge in [-0.25, -0.2) is 0 Å². The molecule has 102 valence electrons. The number of fused-ring (bicyclic) bond motifs is 1. The molecule has 0 radical (unpaired) electrons. The third-order valence-electron chi connectivity index (χ3n) is 3.74. The molecule has 4 nitrogen and oxygen atoms in total. The molecule has 2 aromatic rings. The van der Waals surface area contributed by atoms with Crippen molar-refractivity contribution in [2.45, 2.75) is 38.9 Å². The van der Waals surface area contributed by atoms with Gasteiger partial charge in [0.05, 0.1) is 11.2 Å². The number of aromatic nitrogens is 1. The summed E-state index contributed by atoms with van der Waals surface area (Å²) in [5, 5.41) is 21.3. The number of aromatic amines is 1. The first-order valence-electron chi connectivity index (χ1n) is 6.36. The van der Waals surface area contributed by atoms with Crippen molar-refractivity contribution >= 4 is 23.5 Å². The molecule has 0 fully saturated rings. The lowest BCUT2D eigenvalue weighted by molar-refractivity contribution is -0.0982. The van der Waals surface area contributed by atoms with Crippen molar-refractivity contribution in [3.63, 3.8) is 0 Å². The predicted molar refractivity (Wildman–Crippen MR) is 77.4 cm³/mol. The van der Waals surface area contributed by atoms with Gasteiger partial charge in [0.15, 0.2) is 0 Å². The Morgan fingerprint density at radius 3 is 2.47 bits per heavy atom. The highest BCUT2D eigenvalue weighted by Crippen LogP contribution is 2.25. The minimum atomic E-state index is -1.07. The van der Waals surface area contributed by atoms with Crippen LogP contribution in [0.5, 0.6) is 0 Å². The summed E-state index contributed by atoms with van der Waals surface area (Å²) in [6, 6.07) is 7.56. The fourth-order valence-corrected chi connectivity index (χ4v) is 1.71. The molecule has 5 heteroatoms. The summed E-state index contributed by atoms with van der Waals surface area (Å²) in [4.78, 5) is 3.09. The summed E-state index contributed by atoms with van der Waals surface area (Å²) < 4.78 is 5.61. The summed E-state index contributed by atoms with van der Waals surface area (Å²) in [5.41, 5.74) is -0.310. The lowest BCUT2D eigenvalue weighted by atomic mass is 9.76. The lowest BCUT2D eigenvalue weighted by Crippen LogP contribution is -2.53. The molecule has 0 bridgehead atoms. The molecule has 0 unspecified atom stereocenters. The topological polar surface area (TPSA) is 65.5 Å². The van der Waals surface area contributed by atoms with Crippen LogP contribution in [0.15, 0.2) is 30.5 Å². The second-order valence-corrected chi connectivity index (χ2v) is 5.86. The molecule has 0 aliphatic heterocycles. The number of hydrogen-bond acceptors (Lipinski definition) is 3. The number of nitrogens with one attached hydrogen (secondary N) is 1. The molecule has 0 saturated heterocycles. The van der Waals surface area contributed by atoms with Crippen LogP contribution in [0.4, 0.5) is 0 Å². The van der Waals surface area contributed by atoms with Gasteiger partial charge in [0.1, 0.15) is 0 Å². The van der Waals surface area contributed by atoms with E-state index in [1.54, 1.807) is 27.7 Å². The molecule has 0 saturated carbocycles. The van der Waals surface area contributed by atoms with Gasteiger partial charge >= 0.3 is 7.12 Å². The van der Waals surface area contributed by atoms with Crippen LogP contribution in [0, 0.1) is 0 Å². The Morgan fingerprint density at radius 1 is 1.16 bits per heavy atom. The third kappa shape index (κ3) is 2.83. The molecule has 19 heavy (non-hydrogen) atoms. The van der Waals surface area contributed by atoms with Gasteiger partial charge < -0.3 is 19.8 Å². The van der Waals surface area contributed by atoms with E-state index in [2.05, 4.69) is 4.98 Å². The van der Waals surface area contributed by atoms with E-state index < -0.39 is 18.3 Å². The first kappa shape index (κ1) is 14.1. The maximum absolute atomic E-state index is 10.2. The highest BCUT2D eigenvalue weighted by molar-refractivity contribution is 6.60. The lowest BCUT2D eigenvalue weighted by Gasteiger charge is -2.38. The molecule has 1 aromatic heterocycles. The van der Waals surface area contributed by atoms with Gasteiger partial charge in [-0.2, -0.15) is 0 Å². The average molecular weight is 261 g/mol. The highest BCUT2D eigenvalue weighted by atomic mass is 16.5. The Balaban J connectivity index is 2.22. The van der Waals surface area contributed by atoms with Crippen LogP contribution in [0.25, 0.3) is 10.9 Å². The average Bonchev–Trinajstić information content (AvgIpc) is 2.73. The molecule has 0 amide bonds. The first-order valence-corrected chi connectivity index (χ1v) is 6.36. The first-order chi connectivity index (χ1) is 8.71. The molecule has 3 N–H and O–H groups in total. The van der Waals surface area contributed by atoms with E-state index in [4.69, 9.17) is 4.65 Å². The van der Waals surface area contributed by atoms with Crippen LogP contribution in [0.3, 0.4) is 0 Å². The van der Waals surface area contributed by atoms with Crippen molar-refractivity contribution in [1.29, 1.82) is 0 Å². The maximum Gasteiger partial charge on any atom is 0.491 e. The molecule has 0 atom stereocenters. The Bertz CT molecular complexity index is 571. The van der Waals surface area contributed by atoms with Crippen LogP contribution in [0.2, 0.25) is 0 Å². The molecule has 0 aliphatic carbocycles. The van der Waals surface area contributed by atoms with Gasteiger partial charge in [-0.3, -0.25) is 0 Å². The van der Waals surface area contributed by atoms with Crippen molar-refractivity contribution in [3.8, 4) is 0 Å². The minimum absolute atomic E-state index is 0.660. The fourth-order valence-electron chi connectivity index (χ4n) is 1.71. The van der Waals surface area contributed by atoms with Crippen molar-refractivity contribution in [3.05, 3.63) is 30.5 Å². The van der Waals surface area contributed by atoms with Crippen LogP contribution in [-0.4, -0.2) is 33.4 Å². The third-order valence-corrected chi connectivity index (χ3v) is 3.74. The number of hydrogen-bond donors (Lipinski definition) is 3. The summed E-state index contributed by atoms with van der Waals surface area (Å²) >= 11 is 0. The van der Waals surface area contributed by atoms with Gasteiger partial charge in [0, 0.05) is 11.7 Å². The zero-order valence-electron chi connectivity index (χ0n) is 11.8. The Hall–Kier alpha value is -1.30. The van der Waals surface area contributed by atoms with Gasteiger partial charge in [-0.15, -0.1) is 0 Å². The summed E-state index contributed by atoms with van der Waals surface area (Å²) in [6.45, 7) is 6.83. The van der Waals surface area contributed by atoms with Crippen LogP contribution >= 0.6 is 0 Å². The van der Waals surface area contributed by atoms with Gasteiger partial charge in [0.2, 0.25) is 0 Å². The van der Waals surface area contributed by atoms with Crippen molar-refractivity contribution < 1.29 is 14.8 Å². The van der Waals surface area contributed by atoms with Gasteiger partial charge in [-0.1, -0.05) is 12.1 Å². The van der Waals surface area contributed by atoms with E-state index >= 15 is 0 Å². The normalized spacial score (nSPS) is 12.9. The zero-order valence-corrected chi connectivity index (χ0v) is 11.8. The van der Waals surface area contributed by atoms with E-state index in [1.165, 1.54) is 0 Å². The van der Waals surface area contributed by atoms with Crippen LogP contribution in [0.1, 0.15) is 27.7 Å². The standard InChI is InChI=1S/C14H20BNO3/c1-13(2,17)14(3,4)19-15(18)11-6-5-10-7-8-16-12(10)9-11/h5-9,16-18H,1-4H3. The number of benzene rings is 1. The molecule has 1 aromatic carbocycles. The predicted octanol–water partition coefficient (Wildman–Crippen LogP) is 1.42. The van der Waals surface area contributed by atoms with Crippen LogP contribution < -0.4 is 5.46 Å². The second-order valence-electron chi connectivity index (χ2n) is 5.86. The van der Waals surface area contributed by atoms with E-state index in [9.17, 15) is 10.1 Å². The van der Waals surface area contributed by atoms with Crippen molar-refractivity contribution in [2.75, 3.05) is 0 Å². The summed E-state index contributed by atoms with van der Waals surface area (Å²) in [6.07, 6.45) is 1.85. The quantitative estimate of drug-likeness (QED) is 0.729. The van der Waals surface area contributed by atoms with Crippen molar-refractivity contribution in [2.24, 2.45) is 0 Å². The molecule has 2 rings (SSSR count). The number of aliphatic hydroxyl groups is 1. The van der Waals surface area contributed by atoms with Gasteiger partial charge in [-0.05, 0) is 50.7 Å². The second kappa shape index (κ2) is 4.67. The van der Waals surface area contributed by atoms with E-state index in [0.717, 1.165) is 10.9 Å². The monoisotopic (exact) mass is 261 g/mol. The largest absolute Gasteiger partial charge is 0.491 e. The zero-order chi connectivity index (χ0) is 14.3. The van der Waals surface area contributed by atoms with E-state index in [1.807, 2.05) is 30.5 Å². The van der Waals surface area contributed by atoms with E-state index in [0.29, 0.717) is 5.46 Å².